The summed E-state index contributed by atoms with van der Waals surface area (Å²) in [5.41, 5.74) is 0. The molecular formula is C9H12ClF3N4. The van der Waals surface area contributed by atoms with E-state index in [2.05, 4.69) is 20.6 Å². The molecule has 0 saturated heterocycles. The highest BCUT2D eigenvalue weighted by Crippen LogP contribution is 2.22. The maximum atomic E-state index is 11.9. The Morgan fingerprint density at radius 3 is 2.71 bits per heavy atom. The van der Waals surface area contributed by atoms with Gasteiger partial charge in [-0.15, -0.1) is 0 Å². The molecule has 0 unspecified atom stereocenters. The number of alkyl halides is 3. The fourth-order valence-corrected chi connectivity index (χ4v) is 1.27. The van der Waals surface area contributed by atoms with Crippen molar-refractivity contribution in [2.75, 3.05) is 24.2 Å². The Morgan fingerprint density at radius 1 is 1.41 bits per heavy atom. The minimum absolute atomic E-state index is 0.0290. The van der Waals surface area contributed by atoms with Gasteiger partial charge in [-0.1, -0.05) is 11.6 Å². The summed E-state index contributed by atoms with van der Waals surface area (Å²) >= 11 is 5.78. The third kappa shape index (κ3) is 5.08. The predicted molar refractivity (Wildman–Crippen MR) is 60.4 cm³/mol. The minimum atomic E-state index is -4.13. The number of rotatable bonds is 5. The van der Waals surface area contributed by atoms with Crippen LogP contribution < -0.4 is 10.6 Å². The molecule has 96 valence electrons. The van der Waals surface area contributed by atoms with Gasteiger partial charge in [0, 0.05) is 20.0 Å². The Kier molecular flexibility index (Phi) is 4.80. The number of halogens is 4. The molecule has 0 amide bonds. The van der Waals surface area contributed by atoms with Crippen LogP contribution in [0.3, 0.4) is 0 Å². The van der Waals surface area contributed by atoms with Crippen molar-refractivity contribution in [1.29, 1.82) is 0 Å². The van der Waals surface area contributed by atoms with Crippen molar-refractivity contribution in [2.24, 2.45) is 0 Å². The van der Waals surface area contributed by atoms with Crippen molar-refractivity contribution >= 4 is 23.4 Å². The van der Waals surface area contributed by atoms with Gasteiger partial charge < -0.3 is 10.6 Å². The van der Waals surface area contributed by atoms with E-state index in [1.807, 2.05) is 0 Å². The molecule has 0 fully saturated rings. The molecule has 1 aromatic heterocycles. The fraction of sp³-hybridized carbons (Fsp3) is 0.556. The lowest BCUT2D eigenvalue weighted by Crippen LogP contribution is -2.12. The lowest BCUT2D eigenvalue weighted by Gasteiger charge is -2.09. The molecule has 2 N–H and O–H groups in total. The first-order valence-corrected chi connectivity index (χ1v) is 5.31. The molecule has 0 aliphatic carbocycles. The van der Waals surface area contributed by atoms with Crippen LogP contribution in [0, 0.1) is 0 Å². The summed E-state index contributed by atoms with van der Waals surface area (Å²) in [5.74, 6) is 0.681. The highest BCUT2D eigenvalue weighted by atomic mass is 35.5. The Morgan fingerprint density at radius 2 is 2.12 bits per heavy atom. The molecule has 0 aliphatic heterocycles. The SMILES string of the molecule is CNc1ncc(Cl)c(NCCCC(F)(F)F)n1. The summed E-state index contributed by atoms with van der Waals surface area (Å²) in [6.07, 6.45) is -3.61. The van der Waals surface area contributed by atoms with Crippen molar-refractivity contribution in [1.82, 2.24) is 9.97 Å². The molecule has 0 bridgehead atoms. The largest absolute Gasteiger partial charge is 0.389 e. The van der Waals surface area contributed by atoms with E-state index >= 15 is 0 Å². The van der Waals surface area contributed by atoms with Crippen LogP contribution in [0.5, 0.6) is 0 Å². The zero-order valence-electron chi connectivity index (χ0n) is 9.10. The van der Waals surface area contributed by atoms with Gasteiger partial charge in [-0.2, -0.15) is 18.2 Å². The standard InChI is InChI=1S/C9H12ClF3N4/c1-14-8-16-5-6(10)7(17-8)15-4-2-3-9(11,12)13/h5H,2-4H2,1H3,(H2,14,15,16,17). The number of hydrogen-bond donors (Lipinski definition) is 2. The van der Waals surface area contributed by atoms with E-state index < -0.39 is 12.6 Å². The topological polar surface area (TPSA) is 49.8 Å². The molecule has 0 aromatic carbocycles. The molecular weight excluding hydrogens is 257 g/mol. The van der Waals surface area contributed by atoms with E-state index in [-0.39, 0.29) is 18.0 Å². The zero-order valence-corrected chi connectivity index (χ0v) is 9.86. The smallest absolute Gasteiger partial charge is 0.369 e. The van der Waals surface area contributed by atoms with Gasteiger partial charge in [0.05, 0.1) is 6.20 Å². The summed E-state index contributed by atoms with van der Waals surface area (Å²) in [4.78, 5) is 7.83. The molecule has 17 heavy (non-hydrogen) atoms. The molecule has 0 spiro atoms. The molecule has 1 rings (SSSR count). The quantitative estimate of drug-likeness (QED) is 0.806. The second-order valence-corrected chi connectivity index (χ2v) is 3.69. The predicted octanol–water partition coefficient (Wildman–Crippen LogP) is 2.93. The summed E-state index contributed by atoms with van der Waals surface area (Å²) in [7, 11) is 1.64. The number of hydrogen-bond acceptors (Lipinski definition) is 4. The third-order valence-corrected chi connectivity index (χ3v) is 2.17. The molecule has 0 atom stereocenters. The van der Waals surface area contributed by atoms with Gasteiger partial charge in [0.2, 0.25) is 5.95 Å². The van der Waals surface area contributed by atoms with E-state index in [0.29, 0.717) is 11.8 Å². The molecule has 1 heterocycles. The second kappa shape index (κ2) is 5.90. The van der Waals surface area contributed by atoms with Crippen molar-refractivity contribution < 1.29 is 13.2 Å². The van der Waals surface area contributed by atoms with Gasteiger partial charge in [-0.25, -0.2) is 4.98 Å². The van der Waals surface area contributed by atoms with Gasteiger partial charge >= 0.3 is 6.18 Å². The van der Waals surface area contributed by atoms with Crippen LogP contribution >= 0.6 is 11.6 Å². The van der Waals surface area contributed by atoms with Gasteiger partial charge in [0.15, 0.2) is 0 Å². The summed E-state index contributed by atoms with van der Waals surface area (Å²) < 4.78 is 35.7. The van der Waals surface area contributed by atoms with E-state index in [1.54, 1.807) is 7.05 Å². The first-order valence-electron chi connectivity index (χ1n) is 4.93. The lowest BCUT2D eigenvalue weighted by molar-refractivity contribution is -0.134. The van der Waals surface area contributed by atoms with Gasteiger partial charge in [0.25, 0.3) is 0 Å². The van der Waals surface area contributed by atoms with Crippen LogP contribution in [0.1, 0.15) is 12.8 Å². The van der Waals surface area contributed by atoms with E-state index in [0.717, 1.165) is 0 Å². The number of nitrogens with zero attached hydrogens (tertiary/aromatic N) is 2. The van der Waals surface area contributed by atoms with Gasteiger partial charge in [0.1, 0.15) is 10.8 Å². The molecule has 0 aliphatic rings. The van der Waals surface area contributed by atoms with Crippen LogP contribution in [-0.2, 0) is 0 Å². The van der Waals surface area contributed by atoms with E-state index in [4.69, 9.17) is 11.6 Å². The maximum Gasteiger partial charge on any atom is 0.389 e. The average molecular weight is 269 g/mol. The zero-order chi connectivity index (χ0) is 12.9. The molecule has 0 radical (unpaired) electrons. The fourth-order valence-electron chi connectivity index (χ4n) is 1.11. The first kappa shape index (κ1) is 13.8. The second-order valence-electron chi connectivity index (χ2n) is 3.29. The summed E-state index contributed by atoms with van der Waals surface area (Å²) in [6.45, 7) is 0.152. The van der Waals surface area contributed by atoms with Crippen molar-refractivity contribution in [3.63, 3.8) is 0 Å². The van der Waals surface area contributed by atoms with Crippen molar-refractivity contribution in [3.05, 3.63) is 11.2 Å². The van der Waals surface area contributed by atoms with Gasteiger partial charge in [-0.3, -0.25) is 0 Å². The number of aromatic nitrogens is 2. The Hall–Kier alpha value is -1.24. The lowest BCUT2D eigenvalue weighted by atomic mass is 10.3. The van der Waals surface area contributed by atoms with Crippen molar-refractivity contribution in [2.45, 2.75) is 19.0 Å². The van der Waals surface area contributed by atoms with Crippen molar-refractivity contribution in [3.8, 4) is 0 Å². The van der Waals surface area contributed by atoms with Crippen LogP contribution in [-0.4, -0.2) is 29.7 Å². The molecule has 8 heteroatoms. The Balaban J connectivity index is 2.46. The highest BCUT2D eigenvalue weighted by Gasteiger charge is 2.25. The average Bonchev–Trinajstić information content (AvgIpc) is 2.25. The summed E-state index contributed by atoms with van der Waals surface area (Å²) in [5, 5.41) is 5.72. The van der Waals surface area contributed by atoms with E-state index in [1.165, 1.54) is 6.20 Å². The maximum absolute atomic E-state index is 11.9. The minimum Gasteiger partial charge on any atom is -0.369 e. The Bertz CT molecular complexity index is 370. The van der Waals surface area contributed by atoms with Crippen LogP contribution in [0.15, 0.2) is 6.20 Å². The number of nitrogens with one attached hydrogen (secondary N) is 2. The molecule has 0 saturated carbocycles. The monoisotopic (exact) mass is 268 g/mol. The summed E-state index contributed by atoms with van der Waals surface area (Å²) in [6, 6.07) is 0. The van der Waals surface area contributed by atoms with Gasteiger partial charge in [-0.05, 0) is 6.42 Å². The molecule has 4 nitrogen and oxygen atoms in total. The van der Waals surface area contributed by atoms with Crippen LogP contribution in [0.4, 0.5) is 24.9 Å². The normalized spacial score (nSPS) is 11.4. The highest BCUT2D eigenvalue weighted by molar-refractivity contribution is 6.32. The third-order valence-electron chi connectivity index (χ3n) is 1.90. The molecule has 1 aromatic rings. The Labute approximate surface area is 102 Å². The number of anilines is 2. The van der Waals surface area contributed by atoms with Crippen LogP contribution in [0.2, 0.25) is 5.02 Å². The van der Waals surface area contributed by atoms with E-state index in [9.17, 15) is 13.2 Å². The first-order chi connectivity index (χ1) is 7.92. The van der Waals surface area contributed by atoms with Crippen LogP contribution in [0.25, 0.3) is 0 Å².